The number of ketones is 1. The molecule has 0 saturated heterocycles. The van der Waals surface area contributed by atoms with Crippen LogP contribution in [0.25, 0.3) is 11.0 Å². The highest BCUT2D eigenvalue weighted by Crippen LogP contribution is 2.19. The zero-order valence-corrected chi connectivity index (χ0v) is 9.85. The Morgan fingerprint density at radius 3 is 2.56 bits per heavy atom. The van der Waals surface area contributed by atoms with Gasteiger partial charge in [-0.1, -0.05) is 0 Å². The van der Waals surface area contributed by atoms with Crippen molar-refractivity contribution in [3.05, 3.63) is 45.8 Å². The summed E-state index contributed by atoms with van der Waals surface area (Å²) < 4.78 is 9.55. The molecule has 0 atom stereocenters. The van der Waals surface area contributed by atoms with E-state index in [4.69, 9.17) is 4.42 Å². The lowest BCUT2D eigenvalue weighted by Crippen LogP contribution is -2.08. The number of rotatable bonds is 2. The number of esters is 1. The molecule has 0 unspecified atom stereocenters. The zero-order chi connectivity index (χ0) is 13.3. The second-order valence-electron chi connectivity index (χ2n) is 3.74. The molecule has 0 amide bonds. The third-order valence-corrected chi connectivity index (χ3v) is 2.55. The van der Waals surface area contributed by atoms with E-state index in [0.29, 0.717) is 10.9 Å². The van der Waals surface area contributed by atoms with E-state index in [9.17, 15) is 14.4 Å². The maximum atomic E-state index is 11.6. The van der Waals surface area contributed by atoms with Gasteiger partial charge in [0.15, 0.2) is 5.78 Å². The van der Waals surface area contributed by atoms with E-state index in [-0.39, 0.29) is 16.9 Å². The molecule has 18 heavy (non-hydrogen) atoms. The summed E-state index contributed by atoms with van der Waals surface area (Å²) >= 11 is 0. The van der Waals surface area contributed by atoms with E-state index >= 15 is 0 Å². The molecular formula is C13H10O5. The number of hydrogen-bond acceptors (Lipinski definition) is 5. The predicted octanol–water partition coefficient (Wildman–Crippen LogP) is 1.78. The number of carbonyl (C=O) groups excluding carboxylic acids is 2. The molecule has 0 aliphatic carbocycles. The van der Waals surface area contributed by atoms with Crippen LogP contribution in [0.3, 0.4) is 0 Å². The average Bonchev–Trinajstić information content (AvgIpc) is 2.36. The van der Waals surface area contributed by atoms with Crippen molar-refractivity contribution in [2.45, 2.75) is 6.92 Å². The van der Waals surface area contributed by atoms with Gasteiger partial charge in [0.25, 0.3) is 0 Å². The minimum Gasteiger partial charge on any atom is -0.465 e. The number of hydrogen-bond donors (Lipinski definition) is 0. The number of methoxy groups -OCH3 is 1. The summed E-state index contributed by atoms with van der Waals surface area (Å²) in [6.07, 6.45) is 0. The van der Waals surface area contributed by atoms with Crippen molar-refractivity contribution in [1.29, 1.82) is 0 Å². The van der Waals surface area contributed by atoms with Crippen LogP contribution in [-0.4, -0.2) is 18.9 Å². The lowest BCUT2D eigenvalue weighted by atomic mass is 10.1. The van der Waals surface area contributed by atoms with Crippen LogP contribution < -0.4 is 5.63 Å². The van der Waals surface area contributed by atoms with Gasteiger partial charge in [0, 0.05) is 17.0 Å². The molecular weight excluding hydrogens is 236 g/mol. The summed E-state index contributed by atoms with van der Waals surface area (Å²) in [6.45, 7) is 1.41. The summed E-state index contributed by atoms with van der Waals surface area (Å²) in [5.74, 6) is -0.785. The molecule has 0 aliphatic rings. The van der Waals surface area contributed by atoms with Crippen molar-refractivity contribution in [2.75, 3.05) is 7.11 Å². The minimum absolute atomic E-state index is 0.0897. The summed E-state index contributed by atoms with van der Waals surface area (Å²) in [6, 6.07) is 5.58. The Morgan fingerprint density at radius 2 is 1.94 bits per heavy atom. The number of carbonyl (C=O) groups is 2. The highest BCUT2D eigenvalue weighted by Gasteiger charge is 2.14. The maximum absolute atomic E-state index is 11.6. The van der Waals surface area contributed by atoms with Crippen LogP contribution in [-0.2, 0) is 4.74 Å². The number of fused-ring (bicyclic) bond motifs is 1. The van der Waals surface area contributed by atoms with Crippen LogP contribution in [0, 0.1) is 0 Å². The van der Waals surface area contributed by atoms with Crippen molar-refractivity contribution >= 4 is 22.7 Å². The summed E-state index contributed by atoms with van der Waals surface area (Å²) in [5, 5.41) is 0.383. The zero-order valence-electron chi connectivity index (χ0n) is 9.85. The van der Waals surface area contributed by atoms with Crippen LogP contribution in [0.1, 0.15) is 27.6 Å². The SMILES string of the molecule is COC(=O)c1cc(=O)oc2ccc(C(C)=O)cc12. The highest BCUT2D eigenvalue weighted by atomic mass is 16.5. The highest BCUT2D eigenvalue weighted by molar-refractivity contribution is 6.05. The predicted molar refractivity (Wildman–Crippen MR) is 63.8 cm³/mol. The molecule has 5 heteroatoms. The second kappa shape index (κ2) is 4.44. The lowest BCUT2D eigenvalue weighted by molar-refractivity contribution is 0.0602. The molecule has 5 nitrogen and oxygen atoms in total. The van der Waals surface area contributed by atoms with Crippen molar-refractivity contribution < 1.29 is 18.7 Å². The Kier molecular flexibility index (Phi) is 2.97. The van der Waals surface area contributed by atoms with Gasteiger partial charge in [-0.3, -0.25) is 4.79 Å². The second-order valence-corrected chi connectivity index (χ2v) is 3.74. The van der Waals surface area contributed by atoms with Crippen LogP contribution in [0.5, 0.6) is 0 Å². The van der Waals surface area contributed by atoms with E-state index in [1.54, 1.807) is 0 Å². The first-order valence-electron chi connectivity index (χ1n) is 5.20. The van der Waals surface area contributed by atoms with Gasteiger partial charge in [0.2, 0.25) is 0 Å². The van der Waals surface area contributed by atoms with Gasteiger partial charge in [0.1, 0.15) is 5.58 Å². The van der Waals surface area contributed by atoms with Crippen molar-refractivity contribution in [3.8, 4) is 0 Å². The van der Waals surface area contributed by atoms with Crippen LogP contribution in [0.15, 0.2) is 33.5 Å². The quantitative estimate of drug-likeness (QED) is 0.458. The van der Waals surface area contributed by atoms with Gasteiger partial charge in [-0.2, -0.15) is 0 Å². The first-order valence-corrected chi connectivity index (χ1v) is 5.20. The number of Topliss-reactive ketones (excluding diaryl/α,β-unsaturated/α-hetero) is 1. The first-order chi connectivity index (χ1) is 8.52. The fourth-order valence-electron chi connectivity index (χ4n) is 1.66. The van der Waals surface area contributed by atoms with Crippen molar-refractivity contribution in [1.82, 2.24) is 0 Å². The topological polar surface area (TPSA) is 73.6 Å². The summed E-state index contributed by atoms with van der Waals surface area (Å²) in [4.78, 5) is 34.2. The van der Waals surface area contributed by atoms with Gasteiger partial charge >= 0.3 is 11.6 Å². The van der Waals surface area contributed by atoms with Gasteiger partial charge in [-0.05, 0) is 25.1 Å². The Bertz CT molecular complexity index is 696. The molecule has 0 saturated carbocycles. The molecule has 2 aromatic rings. The fourth-order valence-corrected chi connectivity index (χ4v) is 1.66. The van der Waals surface area contributed by atoms with Gasteiger partial charge in [-0.25, -0.2) is 9.59 Å². The maximum Gasteiger partial charge on any atom is 0.338 e. The number of benzene rings is 1. The van der Waals surface area contributed by atoms with E-state index < -0.39 is 11.6 Å². The molecule has 1 aromatic heterocycles. The van der Waals surface area contributed by atoms with E-state index in [0.717, 1.165) is 6.07 Å². The van der Waals surface area contributed by atoms with Crippen molar-refractivity contribution in [3.63, 3.8) is 0 Å². The molecule has 1 aromatic carbocycles. The first kappa shape index (κ1) is 12.0. The Hall–Kier alpha value is -2.43. The van der Waals surface area contributed by atoms with E-state index in [1.165, 1.54) is 32.2 Å². The number of ether oxygens (including phenoxy) is 1. The minimum atomic E-state index is -0.645. The molecule has 0 fully saturated rings. The molecule has 0 radical (unpaired) electrons. The molecule has 1 heterocycles. The molecule has 0 aliphatic heterocycles. The van der Waals surface area contributed by atoms with Crippen molar-refractivity contribution in [2.24, 2.45) is 0 Å². The van der Waals surface area contributed by atoms with Gasteiger partial charge < -0.3 is 9.15 Å². The van der Waals surface area contributed by atoms with Crippen LogP contribution in [0.2, 0.25) is 0 Å². The Balaban J connectivity index is 2.82. The smallest absolute Gasteiger partial charge is 0.338 e. The fraction of sp³-hybridized carbons (Fsp3) is 0.154. The Labute approximate surface area is 102 Å². The van der Waals surface area contributed by atoms with Gasteiger partial charge in [0.05, 0.1) is 12.7 Å². The molecule has 0 N–H and O–H groups in total. The molecule has 0 bridgehead atoms. The molecule has 92 valence electrons. The monoisotopic (exact) mass is 246 g/mol. The molecule has 2 rings (SSSR count). The normalized spacial score (nSPS) is 10.3. The Morgan fingerprint density at radius 1 is 1.22 bits per heavy atom. The van der Waals surface area contributed by atoms with E-state index in [2.05, 4.69) is 4.74 Å². The molecule has 0 spiro atoms. The van der Waals surface area contributed by atoms with Crippen LogP contribution in [0.4, 0.5) is 0 Å². The summed E-state index contributed by atoms with van der Waals surface area (Å²) in [7, 11) is 1.22. The van der Waals surface area contributed by atoms with Crippen LogP contribution >= 0.6 is 0 Å². The lowest BCUT2D eigenvalue weighted by Gasteiger charge is -2.04. The third-order valence-electron chi connectivity index (χ3n) is 2.55. The summed E-state index contributed by atoms with van der Waals surface area (Å²) in [5.41, 5.74) is 0.125. The largest absolute Gasteiger partial charge is 0.465 e. The van der Waals surface area contributed by atoms with E-state index in [1.807, 2.05) is 0 Å². The third kappa shape index (κ3) is 2.02. The van der Waals surface area contributed by atoms with Gasteiger partial charge in [-0.15, -0.1) is 0 Å². The standard InChI is InChI=1S/C13H10O5/c1-7(14)8-3-4-11-9(5-8)10(13(16)17-2)6-12(15)18-11/h3-6H,1-2H3. The average molecular weight is 246 g/mol.